The monoisotopic (exact) mass is 253 g/mol. The van der Waals surface area contributed by atoms with Crippen LogP contribution < -0.4 is 5.73 Å². The quantitative estimate of drug-likeness (QED) is 0.819. The van der Waals surface area contributed by atoms with Crippen molar-refractivity contribution >= 4 is 5.97 Å². The first-order chi connectivity index (χ1) is 8.46. The Morgan fingerprint density at radius 3 is 2.61 bits per heavy atom. The summed E-state index contributed by atoms with van der Waals surface area (Å²) in [5.74, 6) is -0.543. The lowest BCUT2D eigenvalue weighted by Crippen LogP contribution is -2.45. The molecular formula is C14H20FNO2. The zero-order valence-corrected chi connectivity index (χ0v) is 11.1. The zero-order valence-electron chi connectivity index (χ0n) is 11.1. The molecule has 1 unspecified atom stereocenters. The summed E-state index contributed by atoms with van der Waals surface area (Å²) in [5.41, 5.74) is 5.40. The Hall–Kier alpha value is -1.42. The van der Waals surface area contributed by atoms with E-state index in [0.29, 0.717) is 12.0 Å². The topological polar surface area (TPSA) is 52.3 Å². The van der Waals surface area contributed by atoms with Crippen LogP contribution in [0.1, 0.15) is 25.8 Å². The fourth-order valence-electron chi connectivity index (χ4n) is 2.28. The lowest BCUT2D eigenvalue weighted by Gasteiger charge is -2.31. The molecule has 0 aromatic heterocycles. The van der Waals surface area contributed by atoms with Gasteiger partial charge in [0.25, 0.3) is 0 Å². The Morgan fingerprint density at radius 2 is 2.17 bits per heavy atom. The van der Waals surface area contributed by atoms with E-state index in [1.165, 1.54) is 19.2 Å². The van der Waals surface area contributed by atoms with Gasteiger partial charge in [-0.25, -0.2) is 4.39 Å². The first-order valence-electron chi connectivity index (χ1n) is 6.01. The van der Waals surface area contributed by atoms with Crippen molar-refractivity contribution < 1.29 is 13.9 Å². The molecule has 0 aliphatic carbocycles. The van der Waals surface area contributed by atoms with Crippen molar-refractivity contribution in [1.82, 2.24) is 0 Å². The first kappa shape index (κ1) is 14.6. The fraction of sp³-hybridized carbons (Fsp3) is 0.500. The number of carbonyl (C=O) groups excluding carboxylic acids is 1. The summed E-state index contributed by atoms with van der Waals surface area (Å²) < 4.78 is 18.2. The molecule has 18 heavy (non-hydrogen) atoms. The Balaban J connectivity index is 3.29. The lowest BCUT2D eigenvalue weighted by atomic mass is 9.74. The van der Waals surface area contributed by atoms with Crippen molar-refractivity contribution in [3.05, 3.63) is 35.6 Å². The second kappa shape index (κ2) is 5.96. The third kappa shape index (κ3) is 2.88. The average molecular weight is 253 g/mol. The molecule has 0 spiro atoms. The van der Waals surface area contributed by atoms with Gasteiger partial charge in [-0.3, -0.25) is 4.79 Å². The van der Waals surface area contributed by atoms with Gasteiger partial charge in [0.2, 0.25) is 0 Å². The van der Waals surface area contributed by atoms with Crippen LogP contribution in [0.25, 0.3) is 0 Å². The second-order valence-corrected chi connectivity index (χ2v) is 4.89. The molecule has 4 heteroatoms. The van der Waals surface area contributed by atoms with Gasteiger partial charge in [-0.15, -0.1) is 0 Å². The number of nitrogens with two attached hydrogens (primary N) is 1. The summed E-state index contributed by atoms with van der Waals surface area (Å²) in [6.07, 6.45) is 0.527. The molecule has 100 valence electrons. The van der Waals surface area contributed by atoms with E-state index >= 15 is 0 Å². The molecule has 0 amide bonds. The van der Waals surface area contributed by atoms with E-state index < -0.39 is 11.4 Å². The summed E-state index contributed by atoms with van der Waals surface area (Å²) >= 11 is 0. The fourth-order valence-corrected chi connectivity index (χ4v) is 2.28. The van der Waals surface area contributed by atoms with Crippen LogP contribution in [-0.4, -0.2) is 19.6 Å². The van der Waals surface area contributed by atoms with E-state index in [9.17, 15) is 9.18 Å². The van der Waals surface area contributed by atoms with E-state index in [1.807, 2.05) is 13.8 Å². The predicted molar refractivity (Wildman–Crippen MR) is 68.6 cm³/mol. The SMILES string of the molecule is COC(=O)C(CN)(CC(C)C)c1cccc(F)c1. The minimum absolute atomic E-state index is 0.0985. The van der Waals surface area contributed by atoms with Gasteiger partial charge in [0.1, 0.15) is 11.2 Å². The minimum Gasteiger partial charge on any atom is -0.468 e. The van der Waals surface area contributed by atoms with Crippen molar-refractivity contribution in [1.29, 1.82) is 0 Å². The average Bonchev–Trinajstić information content (AvgIpc) is 2.34. The molecule has 0 heterocycles. The van der Waals surface area contributed by atoms with Crippen LogP contribution in [0, 0.1) is 11.7 Å². The van der Waals surface area contributed by atoms with E-state index in [4.69, 9.17) is 10.5 Å². The number of esters is 1. The Morgan fingerprint density at radius 1 is 1.50 bits per heavy atom. The molecule has 3 nitrogen and oxygen atoms in total. The van der Waals surface area contributed by atoms with Crippen molar-refractivity contribution in [2.75, 3.05) is 13.7 Å². The van der Waals surface area contributed by atoms with Gasteiger partial charge in [0, 0.05) is 6.54 Å². The Bertz CT molecular complexity index is 420. The van der Waals surface area contributed by atoms with Crippen molar-refractivity contribution in [2.24, 2.45) is 11.7 Å². The normalized spacial score (nSPS) is 14.3. The van der Waals surface area contributed by atoms with E-state index in [1.54, 1.807) is 12.1 Å². The van der Waals surface area contributed by atoms with Gasteiger partial charge in [-0.05, 0) is 30.0 Å². The molecule has 1 aromatic rings. The smallest absolute Gasteiger partial charge is 0.317 e. The van der Waals surface area contributed by atoms with Crippen LogP contribution >= 0.6 is 0 Å². The molecule has 1 aromatic carbocycles. The number of carbonyl (C=O) groups is 1. The maximum atomic E-state index is 13.3. The standard InChI is InChI=1S/C14H20FNO2/c1-10(2)8-14(9-16,13(17)18-3)11-5-4-6-12(15)7-11/h4-7,10H,8-9,16H2,1-3H3. The predicted octanol–water partition coefficient (Wildman–Crippen LogP) is 2.24. The first-order valence-corrected chi connectivity index (χ1v) is 6.01. The highest BCUT2D eigenvalue weighted by atomic mass is 19.1. The van der Waals surface area contributed by atoms with Crippen molar-refractivity contribution in [2.45, 2.75) is 25.7 Å². The molecule has 1 rings (SSSR count). The van der Waals surface area contributed by atoms with Crippen molar-refractivity contribution in [3.8, 4) is 0 Å². The molecule has 1 atom stereocenters. The molecule has 0 fully saturated rings. The van der Waals surface area contributed by atoms with E-state index in [2.05, 4.69) is 0 Å². The largest absolute Gasteiger partial charge is 0.468 e. The molecule has 0 aliphatic rings. The third-order valence-electron chi connectivity index (χ3n) is 3.06. The van der Waals surface area contributed by atoms with Crippen LogP contribution in [0.2, 0.25) is 0 Å². The van der Waals surface area contributed by atoms with Gasteiger partial charge in [0.15, 0.2) is 0 Å². The Labute approximate surface area is 107 Å². The molecule has 0 saturated carbocycles. The molecule has 0 saturated heterocycles. The zero-order chi connectivity index (χ0) is 13.8. The summed E-state index contributed by atoms with van der Waals surface area (Å²) in [6.45, 7) is 4.08. The lowest BCUT2D eigenvalue weighted by molar-refractivity contribution is -0.148. The van der Waals surface area contributed by atoms with E-state index in [0.717, 1.165) is 0 Å². The highest BCUT2D eigenvalue weighted by Crippen LogP contribution is 2.32. The summed E-state index contributed by atoms with van der Waals surface area (Å²) in [7, 11) is 1.33. The summed E-state index contributed by atoms with van der Waals surface area (Å²) in [5, 5.41) is 0. The van der Waals surface area contributed by atoms with Crippen LogP contribution in [-0.2, 0) is 14.9 Å². The van der Waals surface area contributed by atoms with Gasteiger partial charge in [0.05, 0.1) is 7.11 Å². The summed E-state index contributed by atoms with van der Waals surface area (Å²) in [4.78, 5) is 12.1. The highest BCUT2D eigenvalue weighted by Gasteiger charge is 2.40. The maximum absolute atomic E-state index is 13.3. The number of halogens is 1. The van der Waals surface area contributed by atoms with Gasteiger partial charge in [-0.1, -0.05) is 26.0 Å². The number of hydrogen-bond donors (Lipinski definition) is 1. The van der Waals surface area contributed by atoms with Gasteiger partial charge in [-0.2, -0.15) is 0 Å². The highest BCUT2D eigenvalue weighted by molar-refractivity contribution is 5.83. The van der Waals surface area contributed by atoms with Gasteiger partial charge < -0.3 is 10.5 Å². The van der Waals surface area contributed by atoms with Crippen LogP contribution in [0.3, 0.4) is 0 Å². The summed E-state index contributed by atoms with van der Waals surface area (Å²) in [6, 6.07) is 6.00. The van der Waals surface area contributed by atoms with Crippen LogP contribution in [0.15, 0.2) is 24.3 Å². The molecule has 0 aliphatic heterocycles. The molecule has 0 radical (unpaired) electrons. The van der Waals surface area contributed by atoms with Crippen LogP contribution in [0.5, 0.6) is 0 Å². The second-order valence-electron chi connectivity index (χ2n) is 4.89. The Kier molecular flexibility index (Phi) is 4.84. The number of rotatable bonds is 5. The minimum atomic E-state index is -0.967. The maximum Gasteiger partial charge on any atom is 0.317 e. The molecular weight excluding hydrogens is 233 g/mol. The molecule has 2 N–H and O–H groups in total. The van der Waals surface area contributed by atoms with E-state index in [-0.39, 0.29) is 18.3 Å². The number of methoxy groups -OCH3 is 1. The number of ether oxygens (including phenoxy) is 1. The molecule has 0 bridgehead atoms. The third-order valence-corrected chi connectivity index (χ3v) is 3.06. The number of hydrogen-bond acceptors (Lipinski definition) is 3. The van der Waals surface area contributed by atoms with Crippen LogP contribution in [0.4, 0.5) is 4.39 Å². The van der Waals surface area contributed by atoms with Gasteiger partial charge >= 0.3 is 5.97 Å². The van der Waals surface area contributed by atoms with Crippen molar-refractivity contribution in [3.63, 3.8) is 0 Å². The number of benzene rings is 1.